The highest BCUT2D eigenvalue weighted by molar-refractivity contribution is 5.30. The summed E-state index contributed by atoms with van der Waals surface area (Å²) in [7, 11) is 0. The Hall–Kier alpha value is -0.760. The molecule has 1 aromatic rings. The molecule has 3 rings (SSSR count). The number of hydrogen-bond donors (Lipinski definition) is 1. The SMILES string of the molecule is CC1(C)Cc2c(ccn2CC2(C)CCCC2)C(N)C1. The van der Waals surface area contributed by atoms with Gasteiger partial charge in [-0.25, -0.2) is 0 Å². The van der Waals surface area contributed by atoms with Gasteiger partial charge in [0.25, 0.3) is 0 Å². The molecule has 0 aromatic carbocycles. The molecule has 2 aliphatic carbocycles. The van der Waals surface area contributed by atoms with E-state index >= 15 is 0 Å². The van der Waals surface area contributed by atoms with Crippen molar-refractivity contribution in [3.05, 3.63) is 23.5 Å². The van der Waals surface area contributed by atoms with E-state index in [2.05, 4.69) is 37.6 Å². The summed E-state index contributed by atoms with van der Waals surface area (Å²) in [5.74, 6) is 0. The number of hydrogen-bond acceptors (Lipinski definition) is 1. The maximum atomic E-state index is 6.36. The van der Waals surface area contributed by atoms with Gasteiger partial charge in [-0.05, 0) is 48.1 Å². The molecule has 2 heteroatoms. The minimum atomic E-state index is 0.233. The number of fused-ring (bicyclic) bond motifs is 1. The van der Waals surface area contributed by atoms with E-state index in [1.807, 2.05) is 0 Å². The summed E-state index contributed by atoms with van der Waals surface area (Å²) < 4.78 is 2.52. The summed E-state index contributed by atoms with van der Waals surface area (Å²) in [6.07, 6.45) is 10.2. The third kappa shape index (κ3) is 2.47. The lowest BCUT2D eigenvalue weighted by atomic mass is 9.74. The van der Waals surface area contributed by atoms with Gasteiger partial charge in [0.05, 0.1) is 0 Å². The van der Waals surface area contributed by atoms with Crippen molar-refractivity contribution in [1.29, 1.82) is 0 Å². The van der Waals surface area contributed by atoms with Crippen LogP contribution < -0.4 is 5.73 Å². The molecule has 1 heterocycles. The van der Waals surface area contributed by atoms with Gasteiger partial charge >= 0.3 is 0 Å². The minimum Gasteiger partial charge on any atom is -0.351 e. The summed E-state index contributed by atoms with van der Waals surface area (Å²) in [5, 5.41) is 0. The molecule has 19 heavy (non-hydrogen) atoms. The highest BCUT2D eigenvalue weighted by Crippen LogP contribution is 2.43. The van der Waals surface area contributed by atoms with Crippen LogP contribution in [0.25, 0.3) is 0 Å². The Balaban J connectivity index is 1.88. The lowest BCUT2D eigenvalue weighted by molar-refractivity contribution is 0.249. The fraction of sp³-hybridized carbons (Fsp3) is 0.765. The highest BCUT2D eigenvalue weighted by atomic mass is 15.0. The van der Waals surface area contributed by atoms with Gasteiger partial charge in [-0.3, -0.25) is 0 Å². The van der Waals surface area contributed by atoms with Gasteiger partial charge in [-0.2, -0.15) is 0 Å². The Morgan fingerprint density at radius 3 is 2.63 bits per heavy atom. The molecule has 0 radical (unpaired) electrons. The first-order valence-corrected chi connectivity index (χ1v) is 7.82. The molecule has 1 atom stereocenters. The predicted molar refractivity (Wildman–Crippen MR) is 80.0 cm³/mol. The van der Waals surface area contributed by atoms with Gasteiger partial charge in [-0.15, -0.1) is 0 Å². The lowest BCUT2D eigenvalue weighted by Crippen LogP contribution is -2.31. The fourth-order valence-electron chi connectivity index (χ4n) is 4.24. The van der Waals surface area contributed by atoms with E-state index < -0.39 is 0 Å². The van der Waals surface area contributed by atoms with Crippen LogP contribution in [0.1, 0.15) is 70.2 Å². The van der Waals surface area contributed by atoms with Gasteiger partial charge in [0.15, 0.2) is 0 Å². The number of nitrogens with zero attached hydrogens (tertiary/aromatic N) is 1. The van der Waals surface area contributed by atoms with Crippen molar-refractivity contribution in [3.8, 4) is 0 Å². The second kappa shape index (κ2) is 4.37. The van der Waals surface area contributed by atoms with E-state index in [1.165, 1.54) is 49.9 Å². The molecule has 0 bridgehead atoms. The lowest BCUT2D eigenvalue weighted by Gasteiger charge is -2.35. The quantitative estimate of drug-likeness (QED) is 0.854. The van der Waals surface area contributed by atoms with Crippen molar-refractivity contribution >= 4 is 0 Å². The normalized spacial score (nSPS) is 28.3. The van der Waals surface area contributed by atoms with Crippen molar-refractivity contribution in [3.63, 3.8) is 0 Å². The number of aromatic nitrogens is 1. The molecule has 1 aromatic heterocycles. The van der Waals surface area contributed by atoms with E-state index in [1.54, 1.807) is 0 Å². The first-order valence-electron chi connectivity index (χ1n) is 7.82. The largest absolute Gasteiger partial charge is 0.351 e. The van der Waals surface area contributed by atoms with E-state index in [4.69, 9.17) is 5.73 Å². The molecule has 0 spiro atoms. The molecule has 106 valence electrons. The molecule has 1 fully saturated rings. The zero-order chi connectivity index (χ0) is 13.7. The standard InChI is InChI=1S/C17H28N2/c1-16(2)10-14(18)13-6-9-19(15(13)11-16)12-17(3)7-4-5-8-17/h6,9,14H,4-5,7-8,10-12,18H2,1-3H3. The number of nitrogens with two attached hydrogens (primary N) is 1. The smallest absolute Gasteiger partial charge is 0.0318 e. The van der Waals surface area contributed by atoms with Crippen LogP contribution in [0.5, 0.6) is 0 Å². The van der Waals surface area contributed by atoms with Gasteiger partial charge < -0.3 is 10.3 Å². The molecule has 0 saturated heterocycles. The van der Waals surface area contributed by atoms with Crippen LogP contribution in [0, 0.1) is 10.8 Å². The summed E-state index contributed by atoms with van der Waals surface area (Å²) in [5.41, 5.74) is 10.1. The third-order valence-corrected chi connectivity index (χ3v) is 5.29. The van der Waals surface area contributed by atoms with Gasteiger partial charge in [0.2, 0.25) is 0 Å². The second-order valence-corrected chi connectivity index (χ2v) is 8.02. The first-order chi connectivity index (χ1) is 8.89. The van der Waals surface area contributed by atoms with Crippen LogP contribution in [-0.4, -0.2) is 4.57 Å². The van der Waals surface area contributed by atoms with Crippen LogP contribution in [-0.2, 0) is 13.0 Å². The van der Waals surface area contributed by atoms with Crippen LogP contribution >= 0.6 is 0 Å². The zero-order valence-corrected chi connectivity index (χ0v) is 12.7. The third-order valence-electron chi connectivity index (χ3n) is 5.29. The molecule has 2 aliphatic rings. The highest BCUT2D eigenvalue weighted by Gasteiger charge is 2.35. The maximum Gasteiger partial charge on any atom is 0.0318 e. The van der Waals surface area contributed by atoms with Crippen LogP contribution in [0.2, 0.25) is 0 Å². The molecule has 2 N–H and O–H groups in total. The minimum absolute atomic E-state index is 0.233. The average Bonchev–Trinajstić information content (AvgIpc) is 2.86. The first kappa shape index (κ1) is 13.2. The zero-order valence-electron chi connectivity index (χ0n) is 12.7. The van der Waals surface area contributed by atoms with Gasteiger partial charge in [0.1, 0.15) is 0 Å². The van der Waals surface area contributed by atoms with Crippen molar-refractivity contribution < 1.29 is 0 Å². The second-order valence-electron chi connectivity index (χ2n) is 8.02. The monoisotopic (exact) mass is 260 g/mol. The van der Waals surface area contributed by atoms with E-state index in [0.29, 0.717) is 10.8 Å². The predicted octanol–water partition coefficient (Wildman–Crippen LogP) is 4.04. The van der Waals surface area contributed by atoms with E-state index in [-0.39, 0.29) is 6.04 Å². The van der Waals surface area contributed by atoms with Crippen LogP contribution in [0.15, 0.2) is 12.3 Å². The van der Waals surface area contributed by atoms with E-state index in [9.17, 15) is 0 Å². The van der Waals surface area contributed by atoms with Gasteiger partial charge in [-0.1, -0.05) is 33.6 Å². The summed E-state index contributed by atoms with van der Waals surface area (Å²) >= 11 is 0. The fourth-order valence-corrected chi connectivity index (χ4v) is 4.24. The van der Waals surface area contributed by atoms with Crippen molar-refractivity contribution in [2.75, 3.05) is 0 Å². The average molecular weight is 260 g/mol. The Labute approximate surface area is 117 Å². The maximum absolute atomic E-state index is 6.36. The Morgan fingerprint density at radius 1 is 1.26 bits per heavy atom. The van der Waals surface area contributed by atoms with Crippen molar-refractivity contribution in [1.82, 2.24) is 4.57 Å². The van der Waals surface area contributed by atoms with Crippen LogP contribution in [0.4, 0.5) is 0 Å². The van der Waals surface area contributed by atoms with Gasteiger partial charge in [0, 0.05) is 24.5 Å². The van der Waals surface area contributed by atoms with Crippen molar-refractivity contribution in [2.24, 2.45) is 16.6 Å². The van der Waals surface area contributed by atoms with Crippen LogP contribution in [0.3, 0.4) is 0 Å². The Kier molecular flexibility index (Phi) is 3.05. The summed E-state index contributed by atoms with van der Waals surface area (Å²) in [6.45, 7) is 8.35. The van der Waals surface area contributed by atoms with Crippen molar-refractivity contribution in [2.45, 2.75) is 71.9 Å². The molecule has 0 aliphatic heterocycles. The topological polar surface area (TPSA) is 30.9 Å². The Bertz CT molecular complexity index is 464. The summed E-state index contributed by atoms with van der Waals surface area (Å²) in [6, 6.07) is 2.50. The summed E-state index contributed by atoms with van der Waals surface area (Å²) in [4.78, 5) is 0. The molecule has 1 saturated carbocycles. The Morgan fingerprint density at radius 2 is 1.95 bits per heavy atom. The molecular weight excluding hydrogens is 232 g/mol. The van der Waals surface area contributed by atoms with E-state index in [0.717, 1.165) is 6.42 Å². The molecule has 0 amide bonds. The molecular formula is C17H28N2. The molecule has 1 unspecified atom stereocenters. The number of rotatable bonds is 2. The molecule has 2 nitrogen and oxygen atoms in total.